The number of rotatable bonds is 7. The van der Waals surface area contributed by atoms with Crippen LogP contribution in [0.25, 0.3) is 0 Å². The number of amides is 4. The third kappa shape index (κ3) is 8.58. The van der Waals surface area contributed by atoms with Gasteiger partial charge in [-0.15, -0.1) is 0 Å². The normalized spacial score (nSPS) is 21.6. The van der Waals surface area contributed by atoms with Crippen molar-refractivity contribution in [2.24, 2.45) is 11.5 Å². The van der Waals surface area contributed by atoms with Crippen LogP contribution in [0.15, 0.2) is 48.5 Å². The minimum atomic E-state index is -1.03. The second kappa shape index (κ2) is 13.2. The van der Waals surface area contributed by atoms with Crippen molar-refractivity contribution in [2.45, 2.75) is 37.0 Å². The summed E-state index contributed by atoms with van der Waals surface area (Å²) >= 11 is 0. The molecule has 0 saturated carbocycles. The van der Waals surface area contributed by atoms with E-state index >= 15 is 0 Å². The first-order chi connectivity index (χ1) is 17.6. The van der Waals surface area contributed by atoms with Gasteiger partial charge in [-0.05, 0) is 41.8 Å². The number of hydrogen-bond acceptors (Lipinski definition) is 9. The van der Waals surface area contributed by atoms with E-state index in [-0.39, 0.29) is 30.1 Å². The minimum absolute atomic E-state index is 0.0986. The summed E-state index contributed by atoms with van der Waals surface area (Å²) in [7, 11) is 2.51. The van der Waals surface area contributed by atoms with Gasteiger partial charge < -0.3 is 38.3 Å². The van der Waals surface area contributed by atoms with E-state index < -0.39 is 47.8 Å². The summed E-state index contributed by atoms with van der Waals surface area (Å²) in [6.45, 7) is 0. The van der Waals surface area contributed by atoms with Gasteiger partial charge in [0.05, 0.1) is 6.04 Å². The van der Waals surface area contributed by atoms with E-state index in [0.717, 1.165) is 11.1 Å². The number of phenols is 1. The van der Waals surface area contributed by atoms with Crippen LogP contribution in [0.5, 0.6) is 5.75 Å². The van der Waals surface area contributed by atoms with Crippen molar-refractivity contribution in [1.29, 1.82) is 0 Å². The van der Waals surface area contributed by atoms with Gasteiger partial charge in [-0.2, -0.15) is 0 Å². The first-order valence-electron chi connectivity index (χ1n) is 11.4. The van der Waals surface area contributed by atoms with Gasteiger partial charge in [0.1, 0.15) is 23.9 Å². The first-order valence-corrected chi connectivity index (χ1v) is 13.9. The van der Waals surface area contributed by atoms with E-state index in [4.69, 9.17) is 17.2 Å². The van der Waals surface area contributed by atoms with Gasteiger partial charge in [0.25, 0.3) is 0 Å². The molecule has 1 aliphatic heterocycles. The molecule has 0 aromatic heterocycles. The molecule has 198 valence electrons. The highest BCUT2D eigenvalue weighted by Crippen LogP contribution is 2.24. The molecule has 3 rings (SSSR count). The molecule has 13 heteroatoms. The third-order valence-corrected chi connectivity index (χ3v) is 8.05. The van der Waals surface area contributed by atoms with Crippen molar-refractivity contribution in [2.75, 3.05) is 17.2 Å². The zero-order valence-electron chi connectivity index (χ0n) is 19.9. The molecule has 1 fully saturated rings. The van der Waals surface area contributed by atoms with Crippen LogP contribution in [0, 0.1) is 0 Å². The molecular formula is C24H30N6O5S2. The summed E-state index contributed by atoms with van der Waals surface area (Å²) in [6, 6.07) is 9.25. The smallest absolute Gasteiger partial charge is 0.244 e. The Labute approximate surface area is 222 Å². The molecule has 1 heterocycles. The lowest BCUT2D eigenvalue weighted by Gasteiger charge is -2.24. The molecule has 0 aliphatic carbocycles. The molecule has 0 bridgehead atoms. The Bertz CT molecular complexity index is 1120. The molecule has 0 spiro atoms. The quantitative estimate of drug-likeness (QED) is 0.175. The Morgan fingerprint density at radius 3 is 2.24 bits per heavy atom. The number of carbonyl (C=O) groups excluding carboxylic acids is 4. The molecule has 10 N–H and O–H groups in total. The average molecular weight is 547 g/mol. The maximum absolute atomic E-state index is 13.2. The second-order valence-electron chi connectivity index (χ2n) is 8.58. The van der Waals surface area contributed by atoms with E-state index in [1.165, 1.54) is 33.7 Å². The van der Waals surface area contributed by atoms with Gasteiger partial charge in [0.15, 0.2) is 0 Å². The topological polar surface area (TPSA) is 203 Å². The van der Waals surface area contributed by atoms with E-state index in [9.17, 15) is 24.3 Å². The summed E-state index contributed by atoms with van der Waals surface area (Å²) < 4.78 is 0. The van der Waals surface area contributed by atoms with Crippen LogP contribution in [0.3, 0.4) is 0 Å². The van der Waals surface area contributed by atoms with Crippen LogP contribution in [0.2, 0.25) is 0 Å². The third-order valence-electron chi connectivity index (χ3n) is 5.63. The van der Waals surface area contributed by atoms with Gasteiger partial charge in [-0.25, -0.2) is 0 Å². The van der Waals surface area contributed by atoms with E-state index in [1.807, 2.05) is 0 Å². The van der Waals surface area contributed by atoms with Gasteiger partial charge >= 0.3 is 0 Å². The Balaban J connectivity index is 1.75. The van der Waals surface area contributed by atoms with Crippen LogP contribution < -0.4 is 33.2 Å². The highest BCUT2D eigenvalue weighted by molar-refractivity contribution is 8.76. The van der Waals surface area contributed by atoms with Gasteiger partial charge in [-0.1, -0.05) is 45.9 Å². The molecule has 0 unspecified atom stereocenters. The van der Waals surface area contributed by atoms with E-state index in [0.29, 0.717) is 5.69 Å². The highest BCUT2D eigenvalue weighted by Gasteiger charge is 2.31. The summed E-state index contributed by atoms with van der Waals surface area (Å²) in [5.74, 6) is -1.91. The molecular weight excluding hydrogens is 516 g/mol. The predicted octanol–water partition coefficient (Wildman–Crippen LogP) is -0.578. The van der Waals surface area contributed by atoms with Crippen LogP contribution in [-0.2, 0) is 32.0 Å². The van der Waals surface area contributed by atoms with Crippen molar-refractivity contribution in [3.05, 3.63) is 59.7 Å². The van der Waals surface area contributed by atoms with Crippen LogP contribution in [0.4, 0.5) is 5.69 Å². The monoisotopic (exact) mass is 546 g/mol. The average Bonchev–Trinajstić information content (AvgIpc) is 2.88. The van der Waals surface area contributed by atoms with Gasteiger partial charge in [-0.3, -0.25) is 19.2 Å². The van der Waals surface area contributed by atoms with Crippen LogP contribution >= 0.6 is 21.6 Å². The number of carbonyl (C=O) groups is 4. The summed E-state index contributed by atoms with van der Waals surface area (Å²) in [5.41, 5.74) is 19.3. The second-order valence-corrected chi connectivity index (χ2v) is 11.1. The summed E-state index contributed by atoms with van der Waals surface area (Å²) in [5, 5.41) is 17.4. The Kier molecular flexibility index (Phi) is 10.1. The number of phenolic OH excluding ortho intramolecular Hbond substituents is 1. The number of nitrogens with two attached hydrogens (primary N) is 3. The number of anilines is 1. The molecule has 4 amide bonds. The fraction of sp³-hybridized carbons (Fsp3) is 0.333. The van der Waals surface area contributed by atoms with E-state index in [2.05, 4.69) is 16.0 Å². The number of hydrogen-bond donors (Lipinski definition) is 7. The molecule has 4 atom stereocenters. The van der Waals surface area contributed by atoms with Gasteiger partial charge in [0, 0.05) is 23.6 Å². The maximum atomic E-state index is 13.2. The summed E-state index contributed by atoms with van der Waals surface area (Å²) in [6.07, 6.45) is 0.329. The largest absolute Gasteiger partial charge is 0.508 e. The Hall–Kier alpha value is -3.42. The van der Waals surface area contributed by atoms with Crippen molar-refractivity contribution < 1.29 is 24.3 Å². The molecule has 2 aromatic carbocycles. The SMILES string of the molecule is NC(=O)[C@H]1CSSC[C@@H](NC(=O)[C@@H](N)Cc2ccc(O)cc2)C(=O)N[C@@H](Cc2ccc(N)cc2)C(=O)N1. The fourth-order valence-corrected chi connectivity index (χ4v) is 5.85. The zero-order valence-corrected chi connectivity index (χ0v) is 21.5. The first kappa shape index (κ1) is 28.2. The molecule has 1 saturated heterocycles. The molecule has 2 aromatic rings. The lowest BCUT2D eigenvalue weighted by atomic mass is 10.0. The fourth-order valence-electron chi connectivity index (χ4n) is 3.51. The molecule has 11 nitrogen and oxygen atoms in total. The van der Waals surface area contributed by atoms with Crippen LogP contribution in [-0.4, -0.2) is 64.4 Å². The van der Waals surface area contributed by atoms with Gasteiger partial charge in [0.2, 0.25) is 23.6 Å². The van der Waals surface area contributed by atoms with Crippen molar-refractivity contribution >= 4 is 50.9 Å². The van der Waals surface area contributed by atoms with Crippen molar-refractivity contribution in [3.8, 4) is 5.75 Å². The predicted molar refractivity (Wildman–Crippen MR) is 144 cm³/mol. The molecule has 0 radical (unpaired) electrons. The molecule has 37 heavy (non-hydrogen) atoms. The number of nitrogens with one attached hydrogen (secondary N) is 3. The number of benzene rings is 2. The van der Waals surface area contributed by atoms with Crippen molar-refractivity contribution in [1.82, 2.24) is 16.0 Å². The summed E-state index contributed by atoms with van der Waals surface area (Å²) in [4.78, 5) is 50.9. The maximum Gasteiger partial charge on any atom is 0.244 e. The Morgan fingerprint density at radius 1 is 0.973 bits per heavy atom. The highest BCUT2D eigenvalue weighted by atomic mass is 33.1. The number of primary amides is 1. The Morgan fingerprint density at radius 2 is 1.59 bits per heavy atom. The zero-order chi connectivity index (χ0) is 26.9. The lowest BCUT2D eigenvalue weighted by molar-refractivity contribution is -0.133. The lowest BCUT2D eigenvalue weighted by Crippen LogP contribution is -2.58. The van der Waals surface area contributed by atoms with E-state index in [1.54, 1.807) is 36.4 Å². The standard InChI is InChI=1S/C24H30N6O5S2/c25-15-5-1-14(2-6-15)10-18-23(34)29-19(21(27)32)11-36-37-12-20(24(35)28-18)30-22(33)17(26)9-13-3-7-16(31)8-4-13/h1-8,17-20,31H,9-12,25-26H2,(H2,27,32)(H,28,35)(H,29,34)(H,30,33)/t17-,18-,19+,20+/m0/s1. The minimum Gasteiger partial charge on any atom is -0.508 e. The van der Waals surface area contributed by atoms with Crippen molar-refractivity contribution in [3.63, 3.8) is 0 Å². The van der Waals surface area contributed by atoms with Crippen LogP contribution in [0.1, 0.15) is 11.1 Å². The molecule has 1 aliphatic rings. The number of nitrogen functional groups attached to an aromatic ring is 1. The number of aromatic hydroxyl groups is 1.